The molecule has 4 nitrogen and oxygen atoms in total. The highest BCUT2D eigenvalue weighted by molar-refractivity contribution is 4.90. The van der Waals surface area contributed by atoms with Crippen molar-refractivity contribution >= 4 is 0 Å². The fourth-order valence-electron chi connectivity index (χ4n) is 1.99. The minimum Gasteiger partial charge on any atom is -0.370 e. The topological polar surface area (TPSA) is 39.1 Å². The maximum Gasteiger partial charge on any atom is 0.134 e. The molecule has 0 unspecified atom stereocenters. The molecule has 15 heavy (non-hydrogen) atoms. The summed E-state index contributed by atoms with van der Waals surface area (Å²) in [6.07, 6.45) is 6.57. The molecule has 2 rings (SSSR count). The lowest BCUT2D eigenvalue weighted by molar-refractivity contribution is -0.0421. The molecular weight excluding hydrogens is 190 g/mol. The van der Waals surface area contributed by atoms with Crippen molar-refractivity contribution in [2.24, 2.45) is 13.0 Å². The molecule has 0 amide bonds. The van der Waals surface area contributed by atoms with Crippen molar-refractivity contribution in [3.8, 4) is 0 Å². The van der Waals surface area contributed by atoms with E-state index in [9.17, 15) is 0 Å². The van der Waals surface area contributed by atoms with Crippen molar-refractivity contribution in [2.45, 2.75) is 25.6 Å². The molecule has 1 aliphatic carbocycles. The van der Waals surface area contributed by atoms with E-state index in [0.29, 0.717) is 12.7 Å². The van der Waals surface area contributed by atoms with Crippen molar-refractivity contribution in [3.05, 3.63) is 18.2 Å². The lowest BCUT2D eigenvalue weighted by Gasteiger charge is -2.34. The Balaban J connectivity index is 1.66. The molecule has 0 spiro atoms. The van der Waals surface area contributed by atoms with Crippen LogP contribution in [0.3, 0.4) is 0 Å². The molecule has 1 saturated carbocycles. The lowest BCUT2D eigenvalue weighted by Crippen LogP contribution is -2.36. The molecule has 84 valence electrons. The molecule has 0 atom stereocenters. The number of nitrogens with zero attached hydrogens (tertiary/aromatic N) is 2. The second kappa shape index (κ2) is 4.77. The Morgan fingerprint density at radius 1 is 1.60 bits per heavy atom. The molecule has 1 aromatic rings. The van der Waals surface area contributed by atoms with Crippen LogP contribution in [0.4, 0.5) is 0 Å². The number of aromatic nitrogens is 2. The van der Waals surface area contributed by atoms with Crippen molar-refractivity contribution in [2.75, 3.05) is 13.6 Å². The Kier molecular flexibility index (Phi) is 3.38. The van der Waals surface area contributed by atoms with E-state index in [1.807, 2.05) is 31.1 Å². The molecule has 0 radical (unpaired) electrons. The van der Waals surface area contributed by atoms with Crippen LogP contribution >= 0.6 is 0 Å². The highest BCUT2D eigenvalue weighted by Crippen LogP contribution is 2.29. The van der Waals surface area contributed by atoms with Gasteiger partial charge < -0.3 is 14.6 Å². The van der Waals surface area contributed by atoms with Crippen molar-refractivity contribution < 1.29 is 4.74 Å². The van der Waals surface area contributed by atoms with E-state index in [4.69, 9.17) is 4.74 Å². The zero-order valence-corrected chi connectivity index (χ0v) is 9.44. The van der Waals surface area contributed by atoms with E-state index >= 15 is 0 Å². The minimum absolute atomic E-state index is 0.444. The number of rotatable bonds is 5. The van der Waals surface area contributed by atoms with Gasteiger partial charge in [-0.05, 0) is 32.4 Å². The predicted octanol–water partition coefficient (Wildman–Crippen LogP) is 0.935. The third-order valence-corrected chi connectivity index (χ3v) is 3.05. The van der Waals surface area contributed by atoms with E-state index in [1.54, 1.807) is 0 Å². The summed E-state index contributed by atoms with van der Waals surface area (Å²) in [4.78, 5) is 4.23. The van der Waals surface area contributed by atoms with Gasteiger partial charge in [0, 0.05) is 19.4 Å². The highest BCUT2D eigenvalue weighted by Gasteiger charge is 2.29. The third kappa shape index (κ3) is 2.58. The Hall–Kier alpha value is -0.870. The Bertz CT molecular complexity index is 305. The quantitative estimate of drug-likeness (QED) is 0.784. The molecule has 0 saturated heterocycles. The molecule has 1 aromatic heterocycles. The summed E-state index contributed by atoms with van der Waals surface area (Å²) < 4.78 is 7.77. The zero-order chi connectivity index (χ0) is 10.7. The Morgan fingerprint density at radius 2 is 2.40 bits per heavy atom. The van der Waals surface area contributed by atoms with Gasteiger partial charge in [-0.1, -0.05) is 0 Å². The normalized spacial score (nSPS) is 25.2. The van der Waals surface area contributed by atoms with Crippen LogP contribution in [0.15, 0.2) is 12.4 Å². The number of hydrogen-bond donors (Lipinski definition) is 1. The van der Waals surface area contributed by atoms with Gasteiger partial charge in [-0.3, -0.25) is 0 Å². The average molecular weight is 209 g/mol. The molecule has 4 heteroatoms. The smallest absolute Gasteiger partial charge is 0.134 e. The van der Waals surface area contributed by atoms with Gasteiger partial charge in [-0.2, -0.15) is 0 Å². The van der Waals surface area contributed by atoms with E-state index < -0.39 is 0 Å². The number of aryl methyl sites for hydroxylation is 1. The maximum atomic E-state index is 5.77. The highest BCUT2D eigenvalue weighted by atomic mass is 16.5. The minimum atomic E-state index is 0.444. The van der Waals surface area contributed by atoms with Gasteiger partial charge in [0.2, 0.25) is 0 Å². The number of ether oxygens (including phenoxy) is 1. The van der Waals surface area contributed by atoms with Gasteiger partial charge in [0.05, 0.1) is 6.10 Å². The van der Waals surface area contributed by atoms with E-state index in [-0.39, 0.29) is 0 Å². The molecule has 1 aliphatic rings. The average Bonchev–Trinajstić information content (AvgIpc) is 2.55. The SMILES string of the molecule is CNCC1CC(OCc2nccn2C)C1. The number of imidazole rings is 1. The van der Waals surface area contributed by atoms with E-state index in [0.717, 1.165) is 18.3 Å². The third-order valence-electron chi connectivity index (χ3n) is 3.05. The summed E-state index contributed by atoms with van der Waals surface area (Å²) in [6, 6.07) is 0. The van der Waals surface area contributed by atoms with Gasteiger partial charge in [0.15, 0.2) is 0 Å². The lowest BCUT2D eigenvalue weighted by atomic mass is 9.82. The van der Waals surface area contributed by atoms with Crippen molar-refractivity contribution in [1.29, 1.82) is 0 Å². The molecule has 1 fully saturated rings. The number of nitrogens with one attached hydrogen (secondary N) is 1. The van der Waals surface area contributed by atoms with Gasteiger partial charge in [-0.25, -0.2) is 4.98 Å². The summed E-state index contributed by atoms with van der Waals surface area (Å²) in [5.74, 6) is 1.81. The standard InChI is InChI=1S/C11H19N3O/c1-12-7-9-5-10(6-9)15-8-11-13-3-4-14(11)2/h3-4,9-10,12H,5-8H2,1-2H3. The molecule has 0 aliphatic heterocycles. The maximum absolute atomic E-state index is 5.77. The summed E-state index contributed by atoms with van der Waals surface area (Å²) in [5, 5.41) is 3.20. The van der Waals surface area contributed by atoms with Crippen LogP contribution in [-0.2, 0) is 18.4 Å². The fraction of sp³-hybridized carbons (Fsp3) is 0.727. The zero-order valence-electron chi connectivity index (χ0n) is 9.44. The van der Waals surface area contributed by atoms with Crippen LogP contribution in [0.5, 0.6) is 0 Å². The summed E-state index contributed by atoms with van der Waals surface area (Å²) in [6.45, 7) is 1.75. The van der Waals surface area contributed by atoms with Crippen LogP contribution in [0, 0.1) is 5.92 Å². The van der Waals surface area contributed by atoms with Crippen LogP contribution in [-0.4, -0.2) is 29.2 Å². The first-order valence-electron chi connectivity index (χ1n) is 5.52. The van der Waals surface area contributed by atoms with E-state index in [1.165, 1.54) is 12.8 Å². The first-order chi connectivity index (χ1) is 7.29. The fourth-order valence-corrected chi connectivity index (χ4v) is 1.99. The van der Waals surface area contributed by atoms with Gasteiger partial charge in [0.1, 0.15) is 12.4 Å². The molecule has 1 heterocycles. The van der Waals surface area contributed by atoms with Gasteiger partial charge in [-0.15, -0.1) is 0 Å². The molecule has 1 N–H and O–H groups in total. The second-order valence-electron chi connectivity index (χ2n) is 4.28. The molecule has 0 bridgehead atoms. The molecule has 0 aromatic carbocycles. The second-order valence-corrected chi connectivity index (χ2v) is 4.28. The summed E-state index contributed by atoms with van der Waals surface area (Å²) >= 11 is 0. The van der Waals surface area contributed by atoms with Crippen LogP contribution in [0.2, 0.25) is 0 Å². The van der Waals surface area contributed by atoms with Crippen molar-refractivity contribution in [1.82, 2.24) is 14.9 Å². The number of hydrogen-bond acceptors (Lipinski definition) is 3. The van der Waals surface area contributed by atoms with Crippen LogP contribution in [0.1, 0.15) is 18.7 Å². The first kappa shape index (κ1) is 10.6. The Morgan fingerprint density at radius 3 is 3.00 bits per heavy atom. The Labute approximate surface area is 90.6 Å². The van der Waals surface area contributed by atoms with Crippen LogP contribution in [0.25, 0.3) is 0 Å². The monoisotopic (exact) mass is 209 g/mol. The largest absolute Gasteiger partial charge is 0.370 e. The first-order valence-corrected chi connectivity index (χ1v) is 5.52. The van der Waals surface area contributed by atoms with Gasteiger partial charge >= 0.3 is 0 Å². The molecular formula is C11H19N3O. The summed E-state index contributed by atoms with van der Waals surface area (Å²) in [7, 11) is 4.00. The van der Waals surface area contributed by atoms with E-state index in [2.05, 4.69) is 10.3 Å². The summed E-state index contributed by atoms with van der Waals surface area (Å²) in [5.41, 5.74) is 0. The van der Waals surface area contributed by atoms with Crippen LogP contribution < -0.4 is 5.32 Å². The van der Waals surface area contributed by atoms with Crippen molar-refractivity contribution in [3.63, 3.8) is 0 Å². The predicted molar refractivity (Wildman–Crippen MR) is 58.4 cm³/mol. The van der Waals surface area contributed by atoms with Gasteiger partial charge in [0.25, 0.3) is 0 Å².